The highest BCUT2D eigenvalue weighted by molar-refractivity contribution is 5.92. The van der Waals surface area contributed by atoms with E-state index in [-0.39, 0.29) is 11.9 Å². The second kappa shape index (κ2) is 9.51. The molecule has 5 heteroatoms. The maximum atomic E-state index is 12.2. The van der Waals surface area contributed by atoms with Crippen LogP contribution in [0.15, 0.2) is 48.5 Å². The van der Waals surface area contributed by atoms with Gasteiger partial charge >= 0.3 is 0 Å². The lowest BCUT2D eigenvalue weighted by atomic mass is 10.1. The Labute approximate surface area is 154 Å². The highest BCUT2D eigenvalue weighted by atomic mass is 16.5. The first-order valence-corrected chi connectivity index (χ1v) is 8.50. The predicted octanol–water partition coefficient (Wildman–Crippen LogP) is 3.99. The van der Waals surface area contributed by atoms with Crippen LogP contribution in [0, 0.1) is 0 Å². The quantitative estimate of drug-likeness (QED) is 0.728. The van der Waals surface area contributed by atoms with Crippen LogP contribution in [0.25, 0.3) is 6.08 Å². The van der Waals surface area contributed by atoms with Gasteiger partial charge in [0.2, 0.25) is 5.91 Å². The van der Waals surface area contributed by atoms with Gasteiger partial charge in [0.15, 0.2) is 11.5 Å². The lowest BCUT2D eigenvalue weighted by molar-refractivity contribution is -0.117. The van der Waals surface area contributed by atoms with Crippen LogP contribution in [-0.4, -0.2) is 26.7 Å². The highest BCUT2D eigenvalue weighted by Gasteiger charge is 2.08. The fourth-order valence-corrected chi connectivity index (χ4v) is 2.49. The molecule has 0 aliphatic heterocycles. The number of hydrogen-bond donors (Lipinski definition) is 1. The minimum absolute atomic E-state index is 0.103. The van der Waals surface area contributed by atoms with Crippen LogP contribution in [-0.2, 0) is 4.79 Å². The van der Waals surface area contributed by atoms with Crippen molar-refractivity contribution in [3.8, 4) is 17.2 Å². The normalized spacial score (nSPS) is 11.8. The molecule has 1 N–H and O–H groups in total. The van der Waals surface area contributed by atoms with Crippen molar-refractivity contribution in [3.05, 3.63) is 59.7 Å². The summed E-state index contributed by atoms with van der Waals surface area (Å²) in [6, 6.07) is 13.1. The van der Waals surface area contributed by atoms with Crippen molar-refractivity contribution in [2.75, 3.05) is 20.8 Å². The molecular weight excluding hydrogens is 330 g/mol. The topological polar surface area (TPSA) is 56.8 Å². The summed E-state index contributed by atoms with van der Waals surface area (Å²) in [5.41, 5.74) is 1.87. The lowest BCUT2D eigenvalue weighted by Crippen LogP contribution is -2.24. The third-order valence-corrected chi connectivity index (χ3v) is 3.88. The van der Waals surface area contributed by atoms with Crippen LogP contribution in [0.1, 0.15) is 31.0 Å². The minimum Gasteiger partial charge on any atom is -0.494 e. The number of hydrogen-bond acceptors (Lipinski definition) is 4. The van der Waals surface area contributed by atoms with Crippen molar-refractivity contribution in [3.63, 3.8) is 0 Å². The van der Waals surface area contributed by atoms with E-state index in [1.807, 2.05) is 50.2 Å². The Morgan fingerprint density at radius 1 is 1.08 bits per heavy atom. The van der Waals surface area contributed by atoms with Crippen molar-refractivity contribution in [1.29, 1.82) is 0 Å². The largest absolute Gasteiger partial charge is 0.494 e. The summed E-state index contributed by atoms with van der Waals surface area (Å²) in [5, 5.41) is 2.95. The zero-order valence-electron chi connectivity index (χ0n) is 15.6. The molecule has 26 heavy (non-hydrogen) atoms. The third kappa shape index (κ3) is 5.28. The Hall–Kier alpha value is -2.95. The molecule has 0 fully saturated rings. The molecule has 2 aromatic rings. The summed E-state index contributed by atoms with van der Waals surface area (Å²) in [6.45, 7) is 4.52. The van der Waals surface area contributed by atoms with Gasteiger partial charge in [-0.1, -0.05) is 18.2 Å². The van der Waals surface area contributed by atoms with Crippen LogP contribution in [0.2, 0.25) is 0 Å². The standard InChI is InChI=1S/C21H25NO4/c1-5-26-18-10-8-17(9-11-18)15(2)22-21(23)13-7-16-6-12-19(24-3)20(14-16)25-4/h6-15H,5H2,1-4H3,(H,22,23)/b13-7+/t15-/m1/s1. The van der Waals surface area contributed by atoms with Gasteiger partial charge in [-0.05, 0) is 55.3 Å². The van der Waals surface area contributed by atoms with E-state index < -0.39 is 0 Å². The molecular formula is C21H25NO4. The molecule has 0 aliphatic rings. The van der Waals surface area contributed by atoms with Gasteiger partial charge in [-0.15, -0.1) is 0 Å². The Balaban J connectivity index is 1.97. The fourth-order valence-electron chi connectivity index (χ4n) is 2.49. The summed E-state index contributed by atoms with van der Waals surface area (Å²) in [5.74, 6) is 1.93. The molecule has 0 saturated heterocycles. The molecule has 0 unspecified atom stereocenters. The predicted molar refractivity (Wildman–Crippen MR) is 103 cm³/mol. The monoisotopic (exact) mass is 355 g/mol. The summed E-state index contributed by atoms with van der Waals surface area (Å²) >= 11 is 0. The Bertz CT molecular complexity index is 753. The zero-order chi connectivity index (χ0) is 18.9. The molecule has 5 nitrogen and oxygen atoms in total. The molecule has 0 spiro atoms. The van der Waals surface area contributed by atoms with Gasteiger partial charge in [-0.25, -0.2) is 0 Å². The number of carbonyl (C=O) groups excluding carboxylic acids is 1. The smallest absolute Gasteiger partial charge is 0.244 e. The van der Waals surface area contributed by atoms with E-state index >= 15 is 0 Å². The van der Waals surface area contributed by atoms with E-state index in [0.717, 1.165) is 16.9 Å². The van der Waals surface area contributed by atoms with Crippen molar-refractivity contribution in [2.45, 2.75) is 19.9 Å². The van der Waals surface area contributed by atoms with Crippen LogP contribution in [0.4, 0.5) is 0 Å². The number of amides is 1. The molecule has 0 aromatic heterocycles. The summed E-state index contributed by atoms with van der Waals surface area (Å²) < 4.78 is 15.9. The SMILES string of the molecule is CCOc1ccc([C@@H](C)NC(=O)/C=C/c2ccc(OC)c(OC)c2)cc1. The first kappa shape index (κ1) is 19.4. The first-order chi connectivity index (χ1) is 12.6. The molecule has 0 aliphatic carbocycles. The Kier molecular flexibility index (Phi) is 7.09. The van der Waals surface area contributed by atoms with Gasteiger partial charge in [0.25, 0.3) is 0 Å². The van der Waals surface area contributed by atoms with E-state index in [4.69, 9.17) is 14.2 Å². The fraction of sp³-hybridized carbons (Fsp3) is 0.286. The van der Waals surface area contributed by atoms with Crippen LogP contribution in [0.5, 0.6) is 17.2 Å². The number of carbonyl (C=O) groups is 1. The number of rotatable bonds is 8. The minimum atomic E-state index is -0.166. The molecule has 0 saturated carbocycles. The second-order valence-corrected chi connectivity index (χ2v) is 5.68. The van der Waals surface area contributed by atoms with Crippen molar-refractivity contribution in [2.24, 2.45) is 0 Å². The third-order valence-electron chi connectivity index (χ3n) is 3.88. The Morgan fingerprint density at radius 2 is 1.77 bits per heavy atom. The van der Waals surface area contributed by atoms with E-state index in [1.54, 1.807) is 26.4 Å². The lowest BCUT2D eigenvalue weighted by Gasteiger charge is -2.13. The molecule has 2 aromatic carbocycles. The zero-order valence-corrected chi connectivity index (χ0v) is 15.6. The van der Waals surface area contributed by atoms with Crippen molar-refractivity contribution in [1.82, 2.24) is 5.32 Å². The molecule has 0 heterocycles. The van der Waals surface area contributed by atoms with Gasteiger partial charge in [0.05, 0.1) is 26.9 Å². The second-order valence-electron chi connectivity index (χ2n) is 5.68. The highest BCUT2D eigenvalue weighted by Crippen LogP contribution is 2.28. The van der Waals surface area contributed by atoms with E-state index in [9.17, 15) is 4.79 Å². The molecule has 138 valence electrons. The van der Waals surface area contributed by atoms with E-state index in [0.29, 0.717) is 18.1 Å². The molecule has 1 atom stereocenters. The number of nitrogens with one attached hydrogen (secondary N) is 1. The molecule has 0 radical (unpaired) electrons. The average Bonchev–Trinajstić information content (AvgIpc) is 2.66. The summed E-state index contributed by atoms with van der Waals surface area (Å²) in [6.07, 6.45) is 3.24. The summed E-state index contributed by atoms with van der Waals surface area (Å²) in [4.78, 5) is 12.2. The average molecular weight is 355 g/mol. The Morgan fingerprint density at radius 3 is 2.38 bits per heavy atom. The first-order valence-electron chi connectivity index (χ1n) is 8.50. The van der Waals surface area contributed by atoms with Gasteiger partial charge < -0.3 is 19.5 Å². The van der Waals surface area contributed by atoms with Gasteiger partial charge in [-0.2, -0.15) is 0 Å². The van der Waals surface area contributed by atoms with Crippen molar-refractivity contribution < 1.29 is 19.0 Å². The van der Waals surface area contributed by atoms with Crippen molar-refractivity contribution >= 4 is 12.0 Å². The number of benzene rings is 2. The molecule has 2 rings (SSSR count). The van der Waals surface area contributed by atoms with E-state index in [1.165, 1.54) is 6.08 Å². The van der Waals surface area contributed by atoms with Gasteiger partial charge in [0.1, 0.15) is 5.75 Å². The molecule has 0 bridgehead atoms. The van der Waals surface area contributed by atoms with Crippen LogP contribution in [0.3, 0.4) is 0 Å². The van der Waals surface area contributed by atoms with E-state index in [2.05, 4.69) is 5.32 Å². The van der Waals surface area contributed by atoms with Crippen LogP contribution >= 0.6 is 0 Å². The maximum Gasteiger partial charge on any atom is 0.244 e. The summed E-state index contributed by atoms with van der Waals surface area (Å²) in [7, 11) is 3.17. The van der Waals surface area contributed by atoms with Gasteiger partial charge in [-0.3, -0.25) is 4.79 Å². The maximum absolute atomic E-state index is 12.2. The number of methoxy groups -OCH3 is 2. The molecule has 1 amide bonds. The number of ether oxygens (including phenoxy) is 3. The van der Waals surface area contributed by atoms with Crippen LogP contribution < -0.4 is 19.5 Å². The van der Waals surface area contributed by atoms with Gasteiger partial charge in [0, 0.05) is 6.08 Å².